The van der Waals surface area contributed by atoms with Crippen molar-refractivity contribution in [2.24, 2.45) is 5.41 Å². The zero-order valence-electron chi connectivity index (χ0n) is 24.3. The molecule has 226 valence electrons. The van der Waals surface area contributed by atoms with Gasteiger partial charge in [-0.05, 0) is 50.2 Å². The molecule has 1 aliphatic carbocycles. The molecular weight excluding hydrogens is 598 g/mol. The topological polar surface area (TPSA) is 149 Å². The van der Waals surface area contributed by atoms with Gasteiger partial charge in [-0.1, -0.05) is 0 Å². The zero-order valence-corrected chi connectivity index (χ0v) is 26.3. The summed E-state index contributed by atoms with van der Waals surface area (Å²) in [5, 5.41) is 19.3. The summed E-state index contributed by atoms with van der Waals surface area (Å²) in [5.41, 5.74) is 17.5. The molecule has 0 radical (unpaired) electrons. The molecule has 0 spiro atoms. The van der Waals surface area contributed by atoms with Crippen molar-refractivity contribution in [3.63, 3.8) is 0 Å². The Morgan fingerprint density at radius 3 is 2.77 bits per heavy atom. The summed E-state index contributed by atoms with van der Waals surface area (Å²) in [4.78, 5) is 16.8. The van der Waals surface area contributed by atoms with E-state index >= 15 is 0 Å². The molecule has 0 saturated heterocycles. The van der Waals surface area contributed by atoms with Gasteiger partial charge >= 0.3 is 0 Å². The number of fused-ring (bicyclic) bond motifs is 4. The molecule has 0 bridgehead atoms. The van der Waals surface area contributed by atoms with Gasteiger partial charge in [0.05, 0.1) is 53.1 Å². The SMILES string of the molecule is CN(C)CC1(CNc2nc(NCC3=CC=CNN3)c3c4c(c(-c5ncc(F)c6sc(N)c(C#N)c56)c(P)c3n2)COC4)CC1. The maximum atomic E-state index is 14.9. The van der Waals surface area contributed by atoms with E-state index in [0.29, 0.717) is 52.8 Å². The second kappa shape index (κ2) is 11.1. The third-order valence-corrected chi connectivity index (χ3v) is 9.91. The highest BCUT2D eigenvalue weighted by molar-refractivity contribution is 7.29. The van der Waals surface area contributed by atoms with Crippen molar-refractivity contribution in [1.82, 2.24) is 30.7 Å². The molecule has 1 unspecified atom stereocenters. The summed E-state index contributed by atoms with van der Waals surface area (Å²) >= 11 is 1.06. The molecule has 4 aromatic rings. The highest BCUT2D eigenvalue weighted by atomic mass is 32.1. The molecular formula is C30H32FN10OPS. The molecule has 6 N–H and O–H groups in total. The Morgan fingerprint density at radius 2 is 2.05 bits per heavy atom. The summed E-state index contributed by atoms with van der Waals surface area (Å²) in [6.45, 7) is 2.92. The molecule has 14 heteroatoms. The lowest BCUT2D eigenvalue weighted by Crippen LogP contribution is -2.31. The summed E-state index contributed by atoms with van der Waals surface area (Å²) in [7, 11) is 7.01. The van der Waals surface area contributed by atoms with E-state index < -0.39 is 5.82 Å². The van der Waals surface area contributed by atoms with Crippen LogP contribution in [0, 0.1) is 22.6 Å². The van der Waals surface area contributed by atoms with Crippen LogP contribution in [-0.4, -0.2) is 53.6 Å². The van der Waals surface area contributed by atoms with Crippen molar-refractivity contribution in [2.45, 2.75) is 26.1 Å². The number of aromatic nitrogens is 3. The maximum absolute atomic E-state index is 14.9. The van der Waals surface area contributed by atoms with E-state index in [-0.39, 0.29) is 16.0 Å². The number of nitriles is 1. The number of halogens is 1. The van der Waals surface area contributed by atoms with Gasteiger partial charge in [-0.25, -0.2) is 9.37 Å². The van der Waals surface area contributed by atoms with Crippen LogP contribution >= 0.6 is 20.6 Å². The summed E-state index contributed by atoms with van der Waals surface area (Å²) < 4.78 is 21.3. The van der Waals surface area contributed by atoms with Crippen molar-refractivity contribution in [2.75, 3.05) is 50.1 Å². The first-order valence-electron chi connectivity index (χ1n) is 14.3. The predicted molar refractivity (Wildman–Crippen MR) is 176 cm³/mol. The molecule has 11 nitrogen and oxygen atoms in total. The van der Waals surface area contributed by atoms with Gasteiger partial charge in [0.25, 0.3) is 0 Å². The van der Waals surface area contributed by atoms with E-state index in [0.717, 1.165) is 70.3 Å². The molecule has 2 aliphatic heterocycles. The van der Waals surface area contributed by atoms with Crippen molar-refractivity contribution >= 4 is 63.6 Å². The molecule has 3 aromatic heterocycles. The van der Waals surface area contributed by atoms with Gasteiger partial charge in [-0.2, -0.15) is 10.2 Å². The van der Waals surface area contributed by atoms with E-state index in [2.05, 4.69) is 60.8 Å². The van der Waals surface area contributed by atoms with Gasteiger partial charge in [0.15, 0.2) is 5.82 Å². The number of nitrogens with one attached hydrogen (secondary N) is 4. The van der Waals surface area contributed by atoms with Crippen LogP contribution in [0.25, 0.3) is 32.2 Å². The standard InChI is InChI=1S/C30H32FN10OPS/c1-41(2)14-30(5-6-30)13-36-29-38-24-22(28(39-29)35-9-15-4-3-7-37-40-15)18-12-42-11-17(18)20(25(24)43)23-21-16(8-32)27(33)44-26(21)19(31)10-34-23/h3-4,7,10,37,40H,5-6,9,11-14,33,43H2,1-2H3,(H2,35,36,38,39). The number of hydrogen-bond acceptors (Lipinski definition) is 12. The van der Waals surface area contributed by atoms with E-state index in [1.807, 2.05) is 18.4 Å². The number of hydrogen-bond donors (Lipinski definition) is 5. The Hall–Kier alpha value is -4.08. The number of nitrogens with two attached hydrogens (primary N) is 1. The van der Waals surface area contributed by atoms with Crippen LogP contribution in [0.3, 0.4) is 0 Å². The van der Waals surface area contributed by atoms with Crippen LogP contribution in [0.15, 0.2) is 30.2 Å². The fourth-order valence-corrected chi connectivity index (χ4v) is 7.58. The third-order valence-electron chi connectivity index (χ3n) is 8.33. The largest absolute Gasteiger partial charge is 0.389 e. The fourth-order valence-electron chi connectivity index (χ4n) is 6.14. The summed E-state index contributed by atoms with van der Waals surface area (Å²) in [6.07, 6.45) is 9.23. The molecule has 1 aromatic carbocycles. The molecule has 0 amide bonds. The smallest absolute Gasteiger partial charge is 0.225 e. The lowest BCUT2D eigenvalue weighted by molar-refractivity contribution is 0.135. The first-order chi connectivity index (χ1) is 21.3. The quantitative estimate of drug-likeness (QED) is 0.172. The van der Waals surface area contributed by atoms with Crippen molar-refractivity contribution in [1.29, 1.82) is 5.26 Å². The van der Waals surface area contributed by atoms with Crippen molar-refractivity contribution < 1.29 is 9.13 Å². The average molecular weight is 631 g/mol. The molecule has 1 fully saturated rings. The first kappa shape index (κ1) is 28.7. The number of allylic oxidation sites excluding steroid dienone is 2. The Labute approximate surface area is 259 Å². The number of hydrazine groups is 1. The molecule has 7 rings (SSSR count). The molecule has 5 heterocycles. The van der Waals surface area contributed by atoms with Gasteiger partial charge in [0.1, 0.15) is 16.9 Å². The predicted octanol–water partition coefficient (Wildman–Crippen LogP) is 3.70. The number of anilines is 3. The first-order valence-corrected chi connectivity index (χ1v) is 15.7. The van der Waals surface area contributed by atoms with Crippen LogP contribution in [0.1, 0.15) is 29.5 Å². The Morgan fingerprint density at radius 1 is 1.23 bits per heavy atom. The van der Waals surface area contributed by atoms with E-state index in [1.54, 1.807) is 0 Å². The van der Waals surface area contributed by atoms with Gasteiger partial charge in [0, 0.05) is 46.3 Å². The van der Waals surface area contributed by atoms with Crippen molar-refractivity contribution in [3.05, 3.63) is 52.8 Å². The van der Waals surface area contributed by atoms with Crippen LogP contribution < -0.4 is 32.5 Å². The number of ether oxygens (including phenoxy) is 1. The molecule has 3 aliphatic rings. The average Bonchev–Trinajstić information content (AvgIpc) is 3.43. The fraction of sp³-hybridized carbons (Fsp3) is 0.333. The van der Waals surface area contributed by atoms with Gasteiger partial charge in [-0.15, -0.1) is 20.6 Å². The van der Waals surface area contributed by atoms with E-state index in [4.69, 9.17) is 20.4 Å². The van der Waals surface area contributed by atoms with E-state index in [1.165, 1.54) is 6.20 Å². The summed E-state index contributed by atoms with van der Waals surface area (Å²) in [6, 6.07) is 2.17. The van der Waals surface area contributed by atoms with E-state index in [9.17, 15) is 9.65 Å². The van der Waals surface area contributed by atoms with Crippen LogP contribution in [0.4, 0.5) is 21.2 Å². The zero-order chi connectivity index (χ0) is 30.6. The Bertz CT molecular complexity index is 1930. The van der Waals surface area contributed by atoms with Gasteiger partial charge in [0.2, 0.25) is 5.95 Å². The Kier molecular flexibility index (Phi) is 7.25. The number of benzene rings is 1. The number of thiophene rings is 1. The Balaban J connectivity index is 1.41. The minimum absolute atomic E-state index is 0.196. The van der Waals surface area contributed by atoms with Crippen molar-refractivity contribution in [3.8, 4) is 17.3 Å². The normalized spacial score (nSPS) is 16.4. The number of nitrogens with zero attached hydrogens (tertiary/aromatic N) is 5. The second-order valence-electron chi connectivity index (χ2n) is 11.7. The van der Waals surface area contributed by atoms with Crippen LogP contribution in [0.2, 0.25) is 0 Å². The van der Waals surface area contributed by atoms with Crippen LogP contribution in [0.5, 0.6) is 0 Å². The monoisotopic (exact) mass is 630 g/mol. The summed E-state index contributed by atoms with van der Waals surface area (Å²) in [5.74, 6) is 0.679. The minimum Gasteiger partial charge on any atom is -0.389 e. The third kappa shape index (κ3) is 4.98. The number of nitrogen functional groups attached to an aromatic ring is 1. The second-order valence-corrected chi connectivity index (χ2v) is 13.4. The van der Waals surface area contributed by atoms with Crippen LogP contribution in [-0.2, 0) is 18.0 Å². The van der Waals surface area contributed by atoms with Gasteiger partial charge in [-0.3, -0.25) is 4.98 Å². The number of rotatable bonds is 9. The molecule has 1 saturated carbocycles. The molecule has 1 atom stereocenters. The number of pyridine rings is 1. The highest BCUT2D eigenvalue weighted by Gasteiger charge is 2.43. The minimum atomic E-state index is -0.511. The maximum Gasteiger partial charge on any atom is 0.225 e. The lowest BCUT2D eigenvalue weighted by Gasteiger charge is -2.22. The van der Waals surface area contributed by atoms with Gasteiger partial charge < -0.3 is 36.9 Å². The highest BCUT2D eigenvalue weighted by Crippen LogP contribution is 2.47. The molecule has 44 heavy (non-hydrogen) atoms. The lowest BCUT2D eigenvalue weighted by atomic mass is 9.94.